The molecule has 1 aromatic carbocycles. The molecule has 3 rings (SSSR count). The zero-order valence-corrected chi connectivity index (χ0v) is 12.6. The van der Waals surface area contributed by atoms with Crippen LogP contribution in [0.1, 0.15) is 11.6 Å². The minimum Gasteiger partial charge on any atom is -0.335 e. The molecule has 2 heterocycles. The summed E-state index contributed by atoms with van der Waals surface area (Å²) in [7, 11) is 1.90. The summed E-state index contributed by atoms with van der Waals surface area (Å²) in [5.41, 5.74) is 1.19. The van der Waals surface area contributed by atoms with Gasteiger partial charge in [-0.15, -0.1) is 0 Å². The van der Waals surface area contributed by atoms with Gasteiger partial charge in [-0.05, 0) is 40.2 Å². The molecule has 21 heavy (non-hydrogen) atoms. The molecular weight excluding hydrogens is 282 g/mol. The molecule has 0 saturated carbocycles. The topological polar surface area (TPSA) is 46.1 Å². The highest BCUT2D eigenvalue weighted by molar-refractivity contribution is 7.07. The number of likely N-dealkylation sites (N-methyl/N-ethyl adjacent to an activating group) is 1. The molecule has 4 nitrogen and oxygen atoms in total. The molecule has 0 spiro atoms. The number of carbonyl (C=O) groups excluding carboxylic acids is 1. The molecule has 0 aliphatic heterocycles. The lowest BCUT2D eigenvalue weighted by atomic mass is 10.1. The van der Waals surface area contributed by atoms with E-state index in [1.54, 1.807) is 15.9 Å². The van der Waals surface area contributed by atoms with E-state index in [1.165, 1.54) is 5.56 Å². The van der Waals surface area contributed by atoms with Gasteiger partial charge in [-0.1, -0.05) is 24.3 Å². The number of hydrogen-bond donors (Lipinski definition) is 2. The van der Waals surface area contributed by atoms with Crippen molar-refractivity contribution in [1.82, 2.24) is 15.2 Å². The Labute approximate surface area is 127 Å². The van der Waals surface area contributed by atoms with Gasteiger partial charge < -0.3 is 10.6 Å². The number of hydrogen-bond acceptors (Lipinski definition) is 3. The number of aromatic nitrogens is 1. The molecule has 5 heteroatoms. The Bertz CT molecular complexity index is 700. The molecule has 0 saturated heterocycles. The Morgan fingerprint density at radius 3 is 2.52 bits per heavy atom. The highest BCUT2D eigenvalue weighted by Crippen LogP contribution is 2.16. The van der Waals surface area contributed by atoms with Crippen molar-refractivity contribution in [3.05, 3.63) is 59.0 Å². The minimum absolute atomic E-state index is 0.110. The maximum absolute atomic E-state index is 12.2. The largest absolute Gasteiger partial charge is 0.335 e. The second-order valence-corrected chi connectivity index (χ2v) is 5.66. The smallest absolute Gasteiger partial charge is 0.325 e. The van der Waals surface area contributed by atoms with Crippen LogP contribution >= 0.6 is 11.3 Å². The van der Waals surface area contributed by atoms with E-state index in [0.717, 1.165) is 10.8 Å². The van der Waals surface area contributed by atoms with Gasteiger partial charge in [0.05, 0.1) is 6.04 Å². The van der Waals surface area contributed by atoms with E-state index in [9.17, 15) is 4.79 Å². The number of amides is 1. The first-order valence-corrected chi connectivity index (χ1v) is 7.76. The summed E-state index contributed by atoms with van der Waals surface area (Å²) in [6.45, 7) is 0.556. The predicted molar refractivity (Wildman–Crippen MR) is 86.9 cm³/mol. The maximum atomic E-state index is 12.2. The maximum Gasteiger partial charge on any atom is 0.325 e. The summed E-state index contributed by atoms with van der Waals surface area (Å²) in [6.07, 6.45) is 3.70. The van der Waals surface area contributed by atoms with E-state index in [1.807, 2.05) is 49.1 Å². The standard InChI is InChI=1S/C16H17N3OS/c1-17-15(14-6-7-21-11-14)8-18-16(20)19-9-12-4-2-3-5-13(12)10-19/h2-7,9-11,15,17H,8H2,1H3,(H,18,20). The molecule has 1 amide bonds. The summed E-state index contributed by atoms with van der Waals surface area (Å²) >= 11 is 1.66. The van der Waals surface area contributed by atoms with Crippen molar-refractivity contribution in [2.45, 2.75) is 6.04 Å². The van der Waals surface area contributed by atoms with Crippen LogP contribution in [-0.2, 0) is 0 Å². The average molecular weight is 299 g/mol. The SMILES string of the molecule is CNC(CNC(=O)n1cc2ccccc2c1)c1ccsc1. The fourth-order valence-electron chi connectivity index (χ4n) is 2.34. The summed E-state index contributed by atoms with van der Waals surface area (Å²) < 4.78 is 1.60. The molecule has 1 unspecified atom stereocenters. The highest BCUT2D eigenvalue weighted by Gasteiger charge is 2.12. The lowest BCUT2D eigenvalue weighted by Crippen LogP contribution is -2.35. The van der Waals surface area contributed by atoms with Crippen LogP contribution in [-0.4, -0.2) is 24.2 Å². The van der Waals surface area contributed by atoms with Gasteiger partial charge in [0, 0.05) is 18.9 Å². The first-order chi connectivity index (χ1) is 10.3. The summed E-state index contributed by atoms with van der Waals surface area (Å²) in [6, 6.07) is 10.0. The first kappa shape index (κ1) is 13.9. The summed E-state index contributed by atoms with van der Waals surface area (Å²) in [4.78, 5) is 12.2. The molecular formula is C16H17N3OS. The van der Waals surface area contributed by atoms with E-state index in [-0.39, 0.29) is 12.1 Å². The summed E-state index contributed by atoms with van der Waals surface area (Å²) in [5.74, 6) is 0. The highest BCUT2D eigenvalue weighted by atomic mass is 32.1. The van der Waals surface area contributed by atoms with E-state index >= 15 is 0 Å². The first-order valence-electron chi connectivity index (χ1n) is 6.82. The molecule has 0 bridgehead atoms. The molecule has 2 N–H and O–H groups in total. The number of nitrogens with zero attached hydrogens (tertiary/aromatic N) is 1. The van der Waals surface area contributed by atoms with Crippen molar-refractivity contribution in [1.29, 1.82) is 0 Å². The third-order valence-electron chi connectivity index (χ3n) is 3.54. The van der Waals surface area contributed by atoms with Gasteiger partial charge in [0.25, 0.3) is 0 Å². The Balaban J connectivity index is 1.68. The van der Waals surface area contributed by atoms with E-state index in [4.69, 9.17) is 0 Å². The second kappa shape index (κ2) is 6.11. The van der Waals surface area contributed by atoms with Crippen LogP contribution in [0.4, 0.5) is 4.79 Å². The van der Waals surface area contributed by atoms with Crippen LogP contribution in [0.2, 0.25) is 0 Å². The normalized spacial score (nSPS) is 12.4. The van der Waals surface area contributed by atoms with Gasteiger partial charge in [-0.25, -0.2) is 4.79 Å². The Morgan fingerprint density at radius 1 is 1.24 bits per heavy atom. The molecule has 0 fully saturated rings. The van der Waals surface area contributed by atoms with Gasteiger partial charge in [0.2, 0.25) is 0 Å². The van der Waals surface area contributed by atoms with Crippen LogP contribution in [0.15, 0.2) is 53.5 Å². The van der Waals surface area contributed by atoms with Gasteiger partial charge >= 0.3 is 6.03 Å². The molecule has 0 aliphatic carbocycles. The fourth-order valence-corrected chi connectivity index (χ4v) is 3.05. The number of rotatable bonds is 4. The molecule has 1 atom stereocenters. The third kappa shape index (κ3) is 2.99. The van der Waals surface area contributed by atoms with E-state index in [0.29, 0.717) is 6.54 Å². The van der Waals surface area contributed by atoms with Gasteiger partial charge in [-0.3, -0.25) is 4.57 Å². The van der Waals surface area contributed by atoms with E-state index in [2.05, 4.69) is 22.1 Å². The second-order valence-electron chi connectivity index (χ2n) is 4.88. The number of benzene rings is 1. The van der Waals surface area contributed by atoms with Gasteiger partial charge in [0.1, 0.15) is 0 Å². The number of thiophene rings is 1. The van der Waals surface area contributed by atoms with Crippen LogP contribution in [0.3, 0.4) is 0 Å². The summed E-state index contributed by atoms with van der Waals surface area (Å²) in [5, 5.41) is 12.5. The van der Waals surface area contributed by atoms with Crippen molar-refractivity contribution in [2.24, 2.45) is 0 Å². The molecule has 3 aromatic rings. The predicted octanol–water partition coefficient (Wildman–Crippen LogP) is 3.22. The van der Waals surface area contributed by atoms with Crippen molar-refractivity contribution in [3.63, 3.8) is 0 Å². The van der Waals surface area contributed by atoms with Crippen molar-refractivity contribution in [2.75, 3.05) is 13.6 Å². The zero-order valence-electron chi connectivity index (χ0n) is 11.7. The van der Waals surface area contributed by atoms with Crippen LogP contribution in [0.25, 0.3) is 10.8 Å². The molecule has 108 valence electrons. The zero-order chi connectivity index (χ0) is 14.7. The van der Waals surface area contributed by atoms with Gasteiger partial charge in [0.15, 0.2) is 0 Å². The van der Waals surface area contributed by atoms with Crippen molar-refractivity contribution >= 4 is 28.1 Å². The van der Waals surface area contributed by atoms with Gasteiger partial charge in [-0.2, -0.15) is 11.3 Å². The molecule has 0 radical (unpaired) electrons. The number of fused-ring (bicyclic) bond motifs is 1. The third-order valence-corrected chi connectivity index (χ3v) is 4.24. The van der Waals surface area contributed by atoms with Crippen molar-refractivity contribution < 1.29 is 4.79 Å². The lowest BCUT2D eigenvalue weighted by molar-refractivity contribution is 0.241. The average Bonchev–Trinajstić information content (AvgIpc) is 3.16. The fraction of sp³-hybridized carbons (Fsp3) is 0.188. The Kier molecular flexibility index (Phi) is 4.03. The van der Waals surface area contributed by atoms with Crippen LogP contribution in [0.5, 0.6) is 0 Å². The van der Waals surface area contributed by atoms with Crippen LogP contribution < -0.4 is 10.6 Å². The van der Waals surface area contributed by atoms with E-state index < -0.39 is 0 Å². The number of carbonyl (C=O) groups is 1. The molecule has 2 aromatic heterocycles. The monoisotopic (exact) mass is 299 g/mol. The quantitative estimate of drug-likeness (QED) is 0.777. The van der Waals surface area contributed by atoms with Crippen molar-refractivity contribution in [3.8, 4) is 0 Å². The Hall–Kier alpha value is -2.11. The Morgan fingerprint density at radius 2 is 1.95 bits per heavy atom. The molecule has 0 aliphatic rings. The van der Waals surface area contributed by atoms with Crippen LogP contribution in [0, 0.1) is 0 Å². The lowest BCUT2D eigenvalue weighted by Gasteiger charge is -2.15. The minimum atomic E-state index is -0.110. The number of nitrogens with one attached hydrogen (secondary N) is 2.